The summed E-state index contributed by atoms with van der Waals surface area (Å²) in [6.45, 7) is 2.10. The molecule has 1 aromatic carbocycles. The van der Waals surface area contributed by atoms with Gasteiger partial charge in [0, 0.05) is 22.9 Å². The fourth-order valence-electron chi connectivity index (χ4n) is 1.95. The van der Waals surface area contributed by atoms with Gasteiger partial charge in [-0.25, -0.2) is 0 Å². The SMILES string of the molecule is CCC(N)C(c1ccccc1Br)n1cccn1. The largest absolute Gasteiger partial charge is 0.326 e. The van der Waals surface area contributed by atoms with E-state index in [9.17, 15) is 0 Å². The Labute approximate surface area is 110 Å². The summed E-state index contributed by atoms with van der Waals surface area (Å²) >= 11 is 3.58. The van der Waals surface area contributed by atoms with Crippen LogP contribution in [0.1, 0.15) is 24.9 Å². The minimum absolute atomic E-state index is 0.0496. The molecule has 2 aromatic rings. The molecule has 0 aliphatic rings. The van der Waals surface area contributed by atoms with Crippen molar-refractivity contribution in [2.75, 3.05) is 0 Å². The first-order valence-electron chi connectivity index (χ1n) is 5.73. The maximum Gasteiger partial charge on any atom is 0.0929 e. The van der Waals surface area contributed by atoms with E-state index < -0.39 is 0 Å². The molecule has 4 heteroatoms. The summed E-state index contributed by atoms with van der Waals surface area (Å²) in [6.07, 6.45) is 4.65. The van der Waals surface area contributed by atoms with E-state index in [2.05, 4.69) is 34.0 Å². The van der Waals surface area contributed by atoms with Gasteiger partial charge >= 0.3 is 0 Å². The Hall–Kier alpha value is -1.13. The number of hydrogen-bond donors (Lipinski definition) is 1. The monoisotopic (exact) mass is 293 g/mol. The highest BCUT2D eigenvalue weighted by atomic mass is 79.9. The number of nitrogens with two attached hydrogens (primary N) is 1. The van der Waals surface area contributed by atoms with E-state index >= 15 is 0 Å². The highest BCUT2D eigenvalue weighted by molar-refractivity contribution is 9.10. The summed E-state index contributed by atoms with van der Waals surface area (Å²) in [7, 11) is 0. The molecule has 3 nitrogen and oxygen atoms in total. The Bertz CT molecular complexity index is 467. The molecule has 0 bridgehead atoms. The number of benzene rings is 1. The molecule has 2 atom stereocenters. The molecular weight excluding hydrogens is 278 g/mol. The fourth-order valence-corrected chi connectivity index (χ4v) is 2.47. The molecule has 0 fully saturated rings. The molecule has 2 unspecified atom stereocenters. The van der Waals surface area contributed by atoms with Crippen LogP contribution < -0.4 is 5.73 Å². The van der Waals surface area contributed by atoms with E-state index in [1.807, 2.05) is 35.1 Å². The molecular formula is C13H16BrN3. The maximum atomic E-state index is 6.23. The van der Waals surface area contributed by atoms with Gasteiger partial charge in [0.2, 0.25) is 0 Å². The van der Waals surface area contributed by atoms with Gasteiger partial charge < -0.3 is 5.73 Å². The Balaban J connectivity index is 2.44. The van der Waals surface area contributed by atoms with Crippen LogP contribution in [-0.4, -0.2) is 15.8 Å². The number of rotatable bonds is 4. The van der Waals surface area contributed by atoms with E-state index in [4.69, 9.17) is 5.73 Å². The predicted octanol–water partition coefficient (Wildman–Crippen LogP) is 2.97. The third kappa shape index (κ3) is 2.58. The van der Waals surface area contributed by atoms with Crippen LogP contribution in [0.5, 0.6) is 0 Å². The molecule has 0 saturated carbocycles. The van der Waals surface area contributed by atoms with Crippen molar-refractivity contribution < 1.29 is 0 Å². The van der Waals surface area contributed by atoms with Gasteiger partial charge in [0.05, 0.1) is 6.04 Å². The first-order chi connectivity index (χ1) is 8.24. The molecule has 0 aliphatic heterocycles. The zero-order chi connectivity index (χ0) is 12.3. The third-order valence-electron chi connectivity index (χ3n) is 2.91. The van der Waals surface area contributed by atoms with Gasteiger partial charge in [0.25, 0.3) is 0 Å². The van der Waals surface area contributed by atoms with Gasteiger partial charge in [-0.15, -0.1) is 0 Å². The molecule has 2 N–H and O–H groups in total. The first kappa shape index (κ1) is 12.3. The van der Waals surface area contributed by atoms with Crippen molar-refractivity contribution in [3.8, 4) is 0 Å². The van der Waals surface area contributed by atoms with E-state index in [0.29, 0.717) is 0 Å². The van der Waals surface area contributed by atoms with Crippen LogP contribution in [0.25, 0.3) is 0 Å². The van der Waals surface area contributed by atoms with Gasteiger partial charge in [-0.05, 0) is 24.1 Å². The second-order valence-corrected chi connectivity index (χ2v) is 4.88. The van der Waals surface area contributed by atoms with E-state index in [-0.39, 0.29) is 12.1 Å². The first-order valence-corrected chi connectivity index (χ1v) is 6.52. The molecule has 1 aromatic heterocycles. The maximum absolute atomic E-state index is 6.23. The third-order valence-corrected chi connectivity index (χ3v) is 3.63. The lowest BCUT2D eigenvalue weighted by Crippen LogP contribution is -2.33. The lowest BCUT2D eigenvalue weighted by molar-refractivity contribution is 0.423. The quantitative estimate of drug-likeness (QED) is 0.942. The normalized spacial score (nSPS) is 14.5. The van der Waals surface area contributed by atoms with Crippen molar-refractivity contribution in [1.82, 2.24) is 9.78 Å². The van der Waals surface area contributed by atoms with Crippen LogP contribution in [0.2, 0.25) is 0 Å². The van der Waals surface area contributed by atoms with Crippen LogP contribution in [-0.2, 0) is 0 Å². The highest BCUT2D eigenvalue weighted by Crippen LogP contribution is 2.28. The lowest BCUT2D eigenvalue weighted by Gasteiger charge is -2.24. The summed E-state index contributed by atoms with van der Waals surface area (Å²) in [5.74, 6) is 0. The molecule has 0 radical (unpaired) electrons. The van der Waals surface area contributed by atoms with Crippen molar-refractivity contribution >= 4 is 15.9 Å². The van der Waals surface area contributed by atoms with Gasteiger partial charge in [-0.2, -0.15) is 5.10 Å². The van der Waals surface area contributed by atoms with E-state index in [1.165, 1.54) is 5.56 Å². The van der Waals surface area contributed by atoms with Crippen LogP contribution >= 0.6 is 15.9 Å². The Kier molecular flexibility index (Phi) is 3.97. The summed E-state index contributed by atoms with van der Waals surface area (Å²) in [5, 5.41) is 4.32. The molecule has 90 valence electrons. The summed E-state index contributed by atoms with van der Waals surface area (Å²) in [6, 6.07) is 10.2. The lowest BCUT2D eigenvalue weighted by atomic mass is 9.98. The van der Waals surface area contributed by atoms with E-state index in [1.54, 1.807) is 6.20 Å². The number of hydrogen-bond acceptors (Lipinski definition) is 2. The minimum Gasteiger partial charge on any atom is -0.326 e. The second kappa shape index (κ2) is 5.47. The molecule has 0 spiro atoms. The van der Waals surface area contributed by atoms with Crippen LogP contribution in [0.4, 0.5) is 0 Å². The molecule has 0 amide bonds. The zero-order valence-electron chi connectivity index (χ0n) is 9.75. The van der Waals surface area contributed by atoms with E-state index in [0.717, 1.165) is 10.9 Å². The highest BCUT2D eigenvalue weighted by Gasteiger charge is 2.22. The van der Waals surface area contributed by atoms with Gasteiger partial charge in [0.1, 0.15) is 0 Å². The van der Waals surface area contributed by atoms with Crippen LogP contribution in [0.15, 0.2) is 47.2 Å². The number of halogens is 1. The summed E-state index contributed by atoms with van der Waals surface area (Å²) in [4.78, 5) is 0. The second-order valence-electron chi connectivity index (χ2n) is 4.02. The molecule has 0 aliphatic carbocycles. The van der Waals surface area contributed by atoms with Crippen molar-refractivity contribution in [2.45, 2.75) is 25.4 Å². The van der Waals surface area contributed by atoms with Crippen molar-refractivity contribution in [3.63, 3.8) is 0 Å². The molecule has 0 saturated heterocycles. The van der Waals surface area contributed by atoms with Crippen LogP contribution in [0.3, 0.4) is 0 Å². The topological polar surface area (TPSA) is 43.8 Å². The Morgan fingerprint density at radius 2 is 2.12 bits per heavy atom. The average Bonchev–Trinajstić information content (AvgIpc) is 2.85. The Morgan fingerprint density at radius 1 is 1.35 bits per heavy atom. The number of aromatic nitrogens is 2. The van der Waals surface area contributed by atoms with Gasteiger partial charge in [-0.1, -0.05) is 41.1 Å². The Morgan fingerprint density at radius 3 is 2.71 bits per heavy atom. The van der Waals surface area contributed by atoms with Crippen molar-refractivity contribution in [3.05, 3.63) is 52.8 Å². The number of nitrogens with zero attached hydrogens (tertiary/aromatic N) is 2. The average molecular weight is 294 g/mol. The van der Waals surface area contributed by atoms with Gasteiger partial charge in [-0.3, -0.25) is 4.68 Å². The summed E-state index contributed by atoms with van der Waals surface area (Å²) < 4.78 is 3.00. The smallest absolute Gasteiger partial charge is 0.0929 e. The molecule has 17 heavy (non-hydrogen) atoms. The summed E-state index contributed by atoms with van der Waals surface area (Å²) in [5.41, 5.74) is 7.40. The van der Waals surface area contributed by atoms with Crippen molar-refractivity contribution in [2.24, 2.45) is 5.73 Å². The molecule has 1 heterocycles. The van der Waals surface area contributed by atoms with Crippen molar-refractivity contribution in [1.29, 1.82) is 0 Å². The van der Waals surface area contributed by atoms with Gasteiger partial charge in [0.15, 0.2) is 0 Å². The molecule has 2 rings (SSSR count). The predicted molar refractivity (Wildman–Crippen MR) is 72.8 cm³/mol. The fraction of sp³-hybridized carbons (Fsp3) is 0.308. The van der Waals surface area contributed by atoms with Crippen LogP contribution in [0, 0.1) is 0 Å². The zero-order valence-corrected chi connectivity index (χ0v) is 11.3. The standard InChI is InChI=1S/C13H16BrN3/c1-2-12(15)13(17-9-5-8-16-17)10-6-3-4-7-11(10)14/h3-9,12-13H,2,15H2,1H3. The minimum atomic E-state index is 0.0496.